The predicted octanol–water partition coefficient (Wildman–Crippen LogP) is 5.27. The normalized spacial score (nSPS) is 12.1. The van der Waals surface area contributed by atoms with Gasteiger partial charge in [0.2, 0.25) is 0 Å². The Morgan fingerprint density at radius 3 is 2.43 bits per heavy atom. The van der Waals surface area contributed by atoms with Crippen LogP contribution in [0.3, 0.4) is 0 Å². The Hall–Kier alpha value is -2.26. The van der Waals surface area contributed by atoms with Gasteiger partial charge in [-0.1, -0.05) is 48.0 Å². The zero-order valence-corrected chi connectivity index (χ0v) is 11.8. The van der Waals surface area contributed by atoms with E-state index in [9.17, 15) is 4.39 Å². The molecule has 3 aromatic rings. The maximum atomic E-state index is 14.0. The molecule has 2 nitrogen and oxygen atoms in total. The number of hydrogen-bond donors (Lipinski definition) is 1. The fourth-order valence-electron chi connectivity index (χ4n) is 2.20. The van der Waals surface area contributed by atoms with E-state index in [-0.39, 0.29) is 11.7 Å². The molecule has 0 aliphatic rings. The zero-order valence-electron chi connectivity index (χ0n) is 11.1. The summed E-state index contributed by atoms with van der Waals surface area (Å²) in [6.07, 6.45) is 1.59. The molecule has 2 aromatic carbocycles. The molecule has 0 fully saturated rings. The lowest BCUT2D eigenvalue weighted by Gasteiger charge is -2.19. The molecule has 0 radical (unpaired) electrons. The van der Waals surface area contributed by atoms with E-state index in [2.05, 4.69) is 5.32 Å². The van der Waals surface area contributed by atoms with Gasteiger partial charge in [-0.25, -0.2) is 4.39 Å². The summed E-state index contributed by atoms with van der Waals surface area (Å²) in [7, 11) is 0. The summed E-state index contributed by atoms with van der Waals surface area (Å²) in [5.41, 5.74) is 1.23. The monoisotopic (exact) mass is 301 g/mol. The highest BCUT2D eigenvalue weighted by Crippen LogP contribution is 2.32. The van der Waals surface area contributed by atoms with Crippen LogP contribution in [0.4, 0.5) is 10.1 Å². The van der Waals surface area contributed by atoms with Crippen molar-refractivity contribution in [2.75, 3.05) is 5.32 Å². The third-order valence-electron chi connectivity index (χ3n) is 3.21. The second kappa shape index (κ2) is 6.02. The summed E-state index contributed by atoms with van der Waals surface area (Å²) in [6, 6.07) is 17.6. The van der Waals surface area contributed by atoms with Crippen molar-refractivity contribution in [3.8, 4) is 0 Å². The van der Waals surface area contributed by atoms with Crippen molar-refractivity contribution >= 4 is 17.3 Å². The van der Waals surface area contributed by atoms with E-state index < -0.39 is 5.82 Å². The highest BCUT2D eigenvalue weighted by atomic mass is 35.5. The second-order valence-corrected chi connectivity index (χ2v) is 5.01. The van der Waals surface area contributed by atoms with E-state index in [4.69, 9.17) is 16.0 Å². The van der Waals surface area contributed by atoms with Gasteiger partial charge >= 0.3 is 0 Å². The number of halogens is 2. The third-order valence-corrected chi connectivity index (χ3v) is 3.53. The number of nitrogens with one attached hydrogen (secondary N) is 1. The molecule has 0 saturated heterocycles. The summed E-state index contributed by atoms with van der Waals surface area (Å²) < 4.78 is 19.5. The topological polar surface area (TPSA) is 25.2 Å². The van der Waals surface area contributed by atoms with E-state index in [0.29, 0.717) is 10.8 Å². The Morgan fingerprint density at radius 1 is 0.952 bits per heavy atom. The van der Waals surface area contributed by atoms with Crippen LogP contribution in [0.2, 0.25) is 5.02 Å². The van der Waals surface area contributed by atoms with Crippen molar-refractivity contribution in [2.45, 2.75) is 6.04 Å². The first-order chi connectivity index (χ1) is 10.3. The van der Waals surface area contributed by atoms with Crippen LogP contribution >= 0.6 is 11.6 Å². The van der Waals surface area contributed by atoms with Crippen molar-refractivity contribution in [3.05, 3.63) is 89.1 Å². The number of rotatable bonds is 4. The summed E-state index contributed by atoms with van der Waals surface area (Å²) in [6.45, 7) is 0. The summed E-state index contributed by atoms with van der Waals surface area (Å²) in [4.78, 5) is 0. The summed E-state index contributed by atoms with van der Waals surface area (Å²) in [5.74, 6) is 0.301. The lowest BCUT2D eigenvalue weighted by atomic mass is 10.0. The quantitative estimate of drug-likeness (QED) is 0.710. The molecule has 1 aromatic heterocycles. The molecule has 0 bridgehead atoms. The molecule has 3 rings (SSSR count). The lowest BCUT2D eigenvalue weighted by molar-refractivity contribution is 0.498. The Morgan fingerprint density at radius 2 is 1.76 bits per heavy atom. The SMILES string of the molecule is Fc1cccc(Cl)c1NC(c1ccccc1)c1ccco1. The van der Waals surface area contributed by atoms with E-state index >= 15 is 0 Å². The number of anilines is 1. The number of para-hydroxylation sites is 1. The van der Waals surface area contributed by atoms with Gasteiger partial charge in [-0.2, -0.15) is 0 Å². The van der Waals surface area contributed by atoms with Crippen molar-refractivity contribution in [1.82, 2.24) is 0 Å². The van der Waals surface area contributed by atoms with E-state index in [1.165, 1.54) is 6.07 Å². The molecule has 0 aliphatic heterocycles. The minimum absolute atomic E-state index is 0.268. The van der Waals surface area contributed by atoms with Crippen LogP contribution in [-0.2, 0) is 0 Å². The molecular weight excluding hydrogens is 289 g/mol. The first-order valence-corrected chi connectivity index (χ1v) is 6.92. The van der Waals surface area contributed by atoms with Gasteiger partial charge in [-0.05, 0) is 29.8 Å². The molecule has 4 heteroatoms. The Bertz CT molecular complexity index is 693. The molecule has 0 aliphatic carbocycles. The molecule has 21 heavy (non-hydrogen) atoms. The third kappa shape index (κ3) is 2.93. The largest absolute Gasteiger partial charge is 0.467 e. The van der Waals surface area contributed by atoms with Gasteiger partial charge in [-0.15, -0.1) is 0 Å². The fraction of sp³-hybridized carbons (Fsp3) is 0.0588. The molecule has 0 spiro atoms. The van der Waals surface area contributed by atoms with Crippen LogP contribution in [0.25, 0.3) is 0 Å². The highest BCUT2D eigenvalue weighted by molar-refractivity contribution is 6.33. The molecular formula is C17H13ClFNO. The molecule has 106 valence electrons. The smallest absolute Gasteiger partial charge is 0.147 e. The van der Waals surface area contributed by atoms with Gasteiger partial charge in [0.15, 0.2) is 0 Å². The van der Waals surface area contributed by atoms with Crippen molar-refractivity contribution in [2.24, 2.45) is 0 Å². The average molecular weight is 302 g/mol. The van der Waals surface area contributed by atoms with Crippen LogP contribution < -0.4 is 5.32 Å². The zero-order chi connectivity index (χ0) is 14.7. The second-order valence-electron chi connectivity index (χ2n) is 4.60. The molecule has 1 heterocycles. The van der Waals surface area contributed by atoms with Gasteiger partial charge < -0.3 is 9.73 Å². The minimum Gasteiger partial charge on any atom is -0.467 e. The number of benzene rings is 2. The van der Waals surface area contributed by atoms with Gasteiger partial charge in [0.25, 0.3) is 0 Å². The maximum Gasteiger partial charge on any atom is 0.147 e. The Labute approximate surface area is 127 Å². The molecule has 1 atom stereocenters. The van der Waals surface area contributed by atoms with E-state index in [0.717, 1.165) is 5.56 Å². The number of hydrogen-bond acceptors (Lipinski definition) is 2. The maximum absolute atomic E-state index is 14.0. The Balaban J connectivity index is 2.01. The van der Waals surface area contributed by atoms with Crippen molar-refractivity contribution in [1.29, 1.82) is 0 Å². The first kappa shape index (κ1) is 13.7. The predicted molar refractivity (Wildman–Crippen MR) is 82.0 cm³/mol. The summed E-state index contributed by atoms with van der Waals surface area (Å²) >= 11 is 6.09. The molecule has 1 N–H and O–H groups in total. The molecule has 0 amide bonds. The van der Waals surface area contributed by atoms with Gasteiger partial charge in [-0.3, -0.25) is 0 Å². The Kier molecular flexibility index (Phi) is 3.93. The van der Waals surface area contributed by atoms with Gasteiger partial charge in [0, 0.05) is 0 Å². The van der Waals surface area contributed by atoms with Crippen LogP contribution in [0.15, 0.2) is 71.3 Å². The van der Waals surface area contributed by atoms with Crippen LogP contribution in [0.1, 0.15) is 17.4 Å². The van der Waals surface area contributed by atoms with Gasteiger partial charge in [0.1, 0.15) is 17.6 Å². The standard InChI is InChI=1S/C17H13ClFNO/c18-13-8-4-9-14(19)17(13)20-16(15-10-5-11-21-15)12-6-2-1-3-7-12/h1-11,16,20H. The van der Waals surface area contributed by atoms with Crippen LogP contribution in [-0.4, -0.2) is 0 Å². The molecule has 1 unspecified atom stereocenters. The fourth-order valence-corrected chi connectivity index (χ4v) is 2.42. The molecule has 0 saturated carbocycles. The van der Waals surface area contributed by atoms with Gasteiger partial charge in [0.05, 0.1) is 17.0 Å². The highest BCUT2D eigenvalue weighted by Gasteiger charge is 2.19. The van der Waals surface area contributed by atoms with Crippen molar-refractivity contribution in [3.63, 3.8) is 0 Å². The average Bonchev–Trinajstić information content (AvgIpc) is 3.02. The lowest BCUT2D eigenvalue weighted by Crippen LogP contribution is -2.13. The summed E-state index contributed by atoms with van der Waals surface area (Å²) in [5, 5.41) is 3.47. The first-order valence-electron chi connectivity index (χ1n) is 6.54. The van der Waals surface area contributed by atoms with E-state index in [1.807, 2.05) is 36.4 Å². The number of furan rings is 1. The van der Waals surface area contributed by atoms with Crippen molar-refractivity contribution < 1.29 is 8.81 Å². The van der Waals surface area contributed by atoms with Crippen LogP contribution in [0.5, 0.6) is 0 Å². The van der Waals surface area contributed by atoms with E-state index in [1.54, 1.807) is 24.5 Å². The minimum atomic E-state index is -0.394. The van der Waals surface area contributed by atoms with Crippen LogP contribution in [0, 0.1) is 5.82 Å².